The number of rotatable bonds is 4. The summed E-state index contributed by atoms with van der Waals surface area (Å²) in [5.74, 6) is 1.37. The van der Waals surface area contributed by atoms with Crippen molar-refractivity contribution in [3.63, 3.8) is 0 Å². The van der Waals surface area contributed by atoms with Gasteiger partial charge in [-0.25, -0.2) is 9.67 Å². The van der Waals surface area contributed by atoms with Gasteiger partial charge >= 0.3 is 0 Å². The number of nitrogens with one attached hydrogen (secondary N) is 1. The molecule has 4 rings (SSSR count). The van der Waals surface area contributed by atoms with Crippen LogP contribution in [-0.2, 0) is 6.42 Å². The van der Waals surface area contributed by atoms with Crippen LogP contribution >= 0.6 is 11.6 Å². The number of hydrogen-bond acceptors (Lipinski definition) is 5. The monoisotopic (exact) mass is 353 g/mol. The van der Waals surface area contributed by atoms with Gasteiger partial charge in [0, 0.05) is 16.8 Å². The molecule has 8 heteroatoms. The van der Waals surface area contributed by atoms with Gasteiger partial charge in [-0.1, -0.05) is 24.6 Å². The van der Waals surface area contributed by atoms with Crippen LogP contribution in [0.3, 0.4) is 0 Å². The van der Waals surface area contributed by atoms with Gasteiger partial charge in [0.15, 0.2) is 0 Å². The van der Waals surface area contributed by atoms with Crippen LogP contribution in [-0.4, -0.2) is 29.4 Å². The maximum atomic E-state index is 6.09. The van der Waals surface area contributed by atoms with E-state index in [0.717, 1.165) is 35.0 Å². The molecule has 0 aliphatic heterocycles. The van der Waals surface area contributed by atoms with Crippen LogP contribution in [0.4, 0.5) is 11.5 Å². The molecule has 0 amide bonds. The lowest BCUT2D eigenvalue weighted by Crippen LogP contribution is -2.05. The number of aryl methyl sites for hydroxylation is 1. The maximum absolute atomic E-state index is 6.09. The summed E-state index contributed by atoms with van der Waals surface area (Å²) >= 11 is 6.09. The minimum atomic E-state index is 0.571. The highest BCUT2D eigenvalue weighted by molar-refractivity contribution is 6.30. The molecule has 0 aliphatic rings. The summed E-state index contributed by atoms with van der Waals surface area (Å²) < 4.78 is 3.52. The zero-order chi connectivity index (χ0) is 17.4. The largest absolute Gasteiger partial charge is 0.337 e. The summed E-state index contributed by atoms with van der Waals surface area (Å²) in [6, 6.07) is 9.56. The van der Waals surface area contributed by atoms with Crippen molar-refractivity contribution >= 4 is 28.9 Å². The van der Waals surface area contributed by atoms with E-state index in [0.29, 0.717) is 10.8 Å². The number of halogens is 1. The van der Waals surface area contributed by atoms with Crippen LogP contribution in [0.25, 0.3) is 11.5 Å². The van der Waals surface area contributed by atoms with Crippen molar-refractivity contribution in [3.05, 3.63) is 59.3 Å². The highest BCUT2D eigenvalue weighted by atomic mass is 35.5. The van der Waals surface area contributed by atoms with Crippen LogP contribution in [0.1, 0.15) is 18.3 Å². The lowest BCUT2D eigenvalue weighted by molar-refractivity contribution is 0.847. The van der Waals surface area contributed by atoms with Crippen molar-refractivity contribution in [2.75, 3.05) is 5.32 Å². The van der Waals surface area contributed by atoms with Gasteiger partial charge in [0.2, 0.25) is 0 Å². The van der Waals surface area contributed by atoms with Crippen molar-refractivity contribution in [3.8, 4) is 5.69 Å². The second-order valence-corrected chi connectivity index (χ2v) is 6.05. The third-order valence-corrected chi connectivity index (χ3v) is 4.23. The topological polar surface area (TPSA) is 72.9 Å². The Morgan fingerprint density at radius 3 is 2.88 bits per heavy atom. The van der Waals surface area contributed by atoms with Crippen molar-refractivity contribution in [2.24, 2.45) is 0 Å². The summed E-state index contributed by atoms with van der Waals surface area (Å²) in [5.41, 5.74) is 3.70. The second kappa shape index (κ2) is 6.18. The number of hydrogen-bond donors (Lipinski definition) is 1. The number of aromatic nitrogens is 6. The SMILES string of the molecule is CCc1cc(Nc2cnn(-c3cccc(Cl)c3)c2C)n2ncnc2n1. The van der Waals surface area contributed by atoms with Gasteiger partial charge in [0.25, 0.3) is 5.78 Å². The number of fused-ring (bicyclic) bond motifs is 1. The minimum absolute atomic E-state index is 0.571. The van der Waals surface area contributed by atoms with E-state index in [1.807, 2.05) is 41.9 Å². The van der Waals surface area contributed by atoms with Gasteiger partial charge in [-0.15, -0.1) is 0 Å². The van der Waals surface area contributed by atoms with Crippen LogP contribution in [0.2, 0.25) is 5.02 Å². The predicted molar refractivity (Wildman–Crippen MR) is 96.8 cm³/mol. The van der Waals surface area contributed by atoms with E-state index in [2.05, 4.69) is 32.4 Å². The Hall–Kier alpha value is -2.93. The smallest absolute Gasteiger partial charge is 0.254 e. The lowest BCUT2D eigenvalue weighted by atomic mass is 10.3. The molecule has 126 valence electrons. The fourth-order valence-corrected chi connectivity index (χ4v) is 2.85. The molecule has 0 saturated heterocycles. The molecule has 0 bridgehead atoms. The maximum Gasteiger partial charge on any atom is 0.254 e. The van der Waals surface area contributed by atoms with Gasteiger partial charge in [-0.2, -0.15) is 19.7 Å². The Morgan fingerprint density at radius 2 is 2.08 bits per heavy atom. The first-order chi connectivity index (χ1) is 12.2. The van der Waals surface area contributed by atoms with E-state index in [9.17, 15) is 0 Å². The molecule has 25 heavy (non-hydrogen) atoms. The van der Waals surface area contributed by atoms with E-state index in [1.54, 1.807) is 10.7 Å². The first-order valence-corrected chi connectivity index (χ1v) is 8.30. The van der Waals surface area contributed by atoms with Gasteiger partial charge in [0.05, 0.1) is 23.3 Å². The standard InChI is InChI=1S/C17H16ClN7/c1-3-13-8-16(25-17(22-13)19-10-21-25)23-15-9-20-24(11(15)2)14-6-4-5-12(18)7-14/h4-10,23H,3H2,1-2H3. The molecular formula is C17H16ClN7. The van der Waals surface area contributed by atoms with Crippen LogP contribution in [0.5, 0.6) is 0 Å². The predicted octanol–water partition coefficient (Wildman–Crippen LogP) is 3.58. The summed E-state index contributed by atoms with van der Waals surface area (Å²) in [4.78, 5) is 8.63. The van der Waals surface area contributed by atoms with Crippen molar-refractivity contribution in [1.82, 2.24) is 29.4 Å². The molecule has 1 aromatic carbocycles. The average Bonchev–Trinajstić information content (AvgIpc) is 3.22. The van der Waals surface area contributed by atoms with Crippen LogP contribution in [0, 0.1) is 6.92 Å². The van der Waals surface area contributed by atoms with E-state index < -0.39 is 0 Å². The summed E-state index contributed by atoms with van der Waals surface area (Å²) in [7, 11) is 0. The highest BCUT2D eigenvalue weighted by Gasteiger charge is 2.12. The molecule has 1 N–H and O–H groups in total. The van der Waals surface area contributed by atoms with E-state index >= 15 is 0 Å². The lowest BCUT2D eigenvalue weighted by Gasteiger charge is -2.10. The van der Waals surface area contributed by atoms with E-state index in [4.69, 9.17) is 11.6 Å². The molecule has 0 radical (unpaired) electrons. The normalized spacial score (nSPS) is 11.2. The molecule has 4 aromatic rings. The number of nitrogens with zero attached hydrogens (tertiary/aromatic N) is 6. The fourth-order valence-electron chi connectivity index (χ4n) is 2.67. The molecule has 0 saturated carbocycles. The van der Waals surface area contributed by atoms with Crippen molar-refractivity contribution < 1.29 is 0 Å². The van der Waals surface area contributed by atoms with E-state index in [1.165, 1.54) is 6.33 Å². The van der Waals surface area contributed by atoms with Crippen molar-refractivity contribution in [1.29, 1.82) is 0 Å². The molecule has 0 atom stereocenters. The van der Waals surface area contributed by atoms with Crippen LogP contribution < -0.4 is 5.32 Å². The Morgan fingerprint density at radius 1 is 1.20 bits per heavy atom. The van der Waals surface area contributed by atoms with E-state index in [-0.39, 0.29) is 0 Å². The van der Waals surface area contributed by atoms with Gasteiger partial charge in [-0.05, 0) is 31.5 Å². The van der Waals surface area contributed by atoms with Crippen LogP contribution in [0.15, 0.2) is 42.9 Å². The highest BCUT2D eigenvalue weighted by Crippen LogP contribution is 2.24. The summed E-state index contributed by atoms with van der Waals surface area (Å²) in [6.07, 6.45) is 4.10. The third kappa shape index (κ3) is 2.83. The number of anilines is 2. The molecule has 0 fully saturated rings. The summed E-state index contributed by atoms with van der Waals surface area (Å²) in [6.45, 7) is 4.05. The Labute approximate surface area is 149 Å². The quantitative estimate of drug-likeness (QED) is 0.607. The zero-order valence-corrected chi connectivity index (χ0v) is 14.6. The summed E-state index contributed by atoms with van der Waals surface area (Å²) in [5, 5.41) is 12.8. The third-order valence-electron chi connectivity index (χ3n) is 3.99. The Balaban J connectivity index is 1.74. The zero-order valence-electron chi connectivity index (χ0n) is 13.8. The fraction of sp³-hybridized carbons (Fsp3) is 0.176. The average molecular weight is 354 g/mol. The molecule has 0 spiro atoms. The van der Waals surface area contributed by atoms with Gasteiger partial charge in [-0.3, -0.25) is 0 Å². The molecule has 0 unspecified atom stereocenters. The molecule has 0 aliphatic carbocycles. The first-order valence-electron chi connectivity index (χ1n) is 7.93. The van der Waals surface area contributed by atoms with Gasteiger partial charge in [0.1, 0.15) is 12.1 Å². The second-order valence-electron chi connectivity index (χ2n) is 5.62. The molecule has 3 heterocycles. The number of benzene rings is 1. The van der Waals surface area contributed by atoms with Gasteiger partial charge < -0.3 is 5.32 Å². The minimum Gasteiger partial charge on any atom is -0.337 e. The molecule has 7 nitrogen and oxygen atoms in total. The van der Waals surface area contributed by atoms with Crippen molar-refractivity contribution in [2.45, 2.75) is 20.3 Å². The Bertz CT molecular complexity index is 1050. The Kier molecular flexibility index (Phi) is 3.85. The molecule has 3 aromatic heterocycles. The molecular weight excluding hydrogens is 338 g/mol. The first kappa shape index (κ1) is 15.6.